The quantitative estimate of drug-likeness (QED) is 0.816. The van der Waals surface area contributed by atoms with E-state index in [9.17, 15) is 9.59 Å². The van der Waals surface area contributed by atoms with E-state index in [1.54, 1.807) is 24.3 Å². The Morgan fingerprint density at radius 2 is 1.83 bits per heavy atom. The molecule has 2 N–H and O–H groups in total. The van der Waals surface area contributed by atoms with E-state index >= 15 is 0 Å². The van der Waals surface area contributed by atoms with Crippen molar-refractivity contribution in [2.24, 2.45) is 0 Å². The lowest BCUT2D eigenvalue weighted by Gasteiger charge is -2.08. The van der Waals surface area contributed by atoms with Crippen LogP contribution in [0, 0.1) is 0 Å². The number of carbonyl (C=O) groups is 2. The van der Waals surface area contributed by atoms with Gasteiger partial charge in [0.05, 0.1) is 0 Å². The molecule has 1 heterocycles. The van der Waals surface area contributed by atoms with Crippen molar-refractivity contribution in [1.82, 2.24) is 5.32 Å². The van der Waals surface area contributed by atoms with Crippen LogP contribution < -0.4 is 20.1 Å². The molecule has 0 aliphatic carbocycles. The number of ether oxygens (including phenoxy) is 2. The highest BCUT2D eigenvalue weighted by Gasteiger charge is 2.15. The first-order chi connectivity index (χ1) is 11.6. The third-order valence-corrected chi connectivity index (χ3v) is 3.78. The van der Waals surface area contributed by atoms with Crippen LogP contribution >= 0.6 is 11.6 Å². The fraction of sp³-hybridized carbons (Fsp3) is 0.176. The van der Waals surface area contributed by atoms with Crippen LogP contribution in [-0.2, 0) is 16.1 Å². The lowest BCUT2D eigenvalue weighted by Crippen LogP contribution is -2.27. The van der Waals surface area contributed by atoms with Crippen LogP contribution in [0.5, 0.6) is 11.5 Å². The van der Waals surface area contributed by atoms with Gasteiger partial charge in [-0.1, -0.05) is 29.8 Å². The maximum absolute atomic E-state index is 11.9. The Labute approximate surface area is 143 Å². The number of amides is 2. The minimum absolute atomic E-state index is 0.164. The third kappa shape index (κ3) is 3.97. The van der Waals surface area contributed by atoms with Gasteiger partial charge in [0.1, 0.15) is 6.42 Å². The number of hydrogen-bond acceptors (Lipinski definition) is 4. The first-order valence-corrected chi connectivity index (χ1v) is 7.69. The van der Waals surface area contributed by atoms with Crippen molar-refractivity contribution < 1.29 is 19.1 Å². The van der Waals surface area contributed by atoms with Crippen molar-refractivity contribution in [2.75, 3.05) is 12.1 Å². The van der Waals surface area contributed by atoms with Crippen molar-refractivity contribution in [3.8, 4) is 11.5 Å². The van der Waals surface area contributed by atoms with E-state index in [-0.39, 0.29) is 25.7 Å². The van der Waals surface area contributed by atoms with Gasteiger partial charge in [0.25, 0.3) is 0 Å². The Balaban J connectivity index is 1.49. The second-order valence-corrected chi connectivity index (χ2v) is 5.57. The average molecular weight is 347 g/mol. The first kappa shape index (κ1) is 16.1. The van der Waals surface area contributed by atoms with Gasteiger partial charge in [-0.3, -0.25) is 9.59 Å². The minimum atomic E-state index is -0.412. The molecule has 0 unspecified atom stereocenters. The first-order valence-electron chi connectivity index (χ1n) is 7.31. The summed E-state index contributed by atoms with van der Waals surface area (Å²) in [6, 6.07) is 12.3. The molecule has 0 saturated heterocycles. The molecule has 24 heavy (non-hydrogen) atoms. The number of hydrogen-bond donors (Lipinski definition) is 2. The van der Waals surface area contributed by atoms with Crippen LogP contribution in [0.15, 0.2) is 42.5 Å². The van der Waals surface area contributed by atoms with Crippen molar-refractivity contribution in [1.29, 1.82) is 0 Å². The molecule has 0 aromatic heterocycles. The van der Waals surface area contributed by atoms with Crippen molar-refractivity contribution >= 4 is 29.1 Å². The molecule has 0 atom stereocenters. The van der Waals surface area contributed by atoms with Gasteiger partial charge in [-0.15, -0.1) is 0 Å². The highest BCUT2D eigenvalue weighted by molar-refractivity contribution is 6.31. The molecule has 2 amide bonds. The predicted octanol–water partition coefficient (Wildman–Crippen LogP) is 2.71. The summed E-state index contributed by atoms with van der Waals surface area (Å²) in [5.74, 6) is 0.403. The summed E-state index contributed by atoms with van der Waals surface area (Å²) in [5.41, 5.74) is 1.34. The molecule has 0 saturated carbocycles. The van der Waals surface area contributed by atoms with Crippen LogP contribution in [0.1, 0.15) is 12.0 Å². The van der Waals surface area contributed by atoms with Crippen LogP contribution in [-0.4, -0.2) is 18.6 Å². The zero-order valence-corrected chi connectivity index (χ0v) is 13.4. The number of halogens is 1. The molecule has 0 bridgehead atoms. The summed E-state index contributed by atoms with van der Waals surface area (Å²) in [5, 5.41) is 5.89. The molecular weight excluding hydrogens is 332 g/mol. The number of benzene rings is 2. The Morgan fingerprint density at radius 3 is 2.67 bits per heavy atom. The van der Waals surface area contributed by atoms with Crippen LogP contribution in [0.25, 0.3) is 0 Å². The smallest absolute Gasteiger partial charge is 0.233 e. The fourth-order valence-electron chi connectivity index (χ4n) is 2.22. The van der Waals surface area contributed by atoms with Crippen LogP contribution in [0.2, 0.25) is 5.02 Å². The third-order valence-electron chi connectivity index (χ3n) is 3.41. The Kier molecular flexibility index (Phi) is 4.86. The number of carbonyl (C=O) groups excluding carboxylic acids is 2. The molecular formula is C17H15ClN2O4. The summed E-state index contributed by atoms with van der Waals surface area (Å²) in [6.07, 6.45) is -0.279. The largest absolute Gasteiger partial charge is 0.454 e. The molecule has 1 aliphatic rings. The van der Waals surface area contributed by atoms with E-state index in [1.165, 1.54) is 0 Å². The van der Waals surface area contributed by atoms with E-state index < -0.39 is 5.91 Å². The summed E-state index contributed by atoms with van der Waals surface area (Å²) in [6.45, 7) is 0.437. The summed E-state index contributed by atoms with van der Waals surface area (Å²) in [4.78, 5) is 23.8. The maximum atomic E-state index is 11.9. The summed E-state index contributed by atoms with van der Waals surface area (Å²) < 4.78 is 10.4. The second kappa shape index (κ2) is 7.23. The van der Waals surface area contributed by atoms with Gasteiger partial charge in [-0.25, -0.2) is 0 Å². The van der Waals surface area contributed by atoms with E-state index in [4.69, 9.17) is 21.1 Å². The monoisotopic (exact) mass is 346 g/mol. The number of rotatable bonds is 5. The predicted molar refractivity (Wildman–Crippen MR) is 89.1 cm³/mol. The van der Waals surface area contributed by atoms with Gasteiger partial charge in [0.2, 0.25) is 18.6 Å². The SMILES string of the molecule is O=C(CC(=O)Nc1ccc2c(c1)OCO2)NCc1ccccc1Cl. The maximum Gasteiger partial charge on any atom is 0.233 e. The average Bonchev–Trinajstić information content (AvgIpc) is 3.01. The molecule has 124 valence electrons. The molecule has 6 nitrogen and oxygen atoms in total. The van der Waals surface area contributed by atoms with Crippen molar-refractivity contribution in [2.45, 2.75) is 13.0 Å². The van der Waals surface area contributed by atoms with Crippen molar-refractivity contribution in [3.63, 3.8) is 0 Å². The number of fused-ring (bicyclic) bond motifs is 1. The highest BCUT2D eigenvalue weighted by atomic mass is 35.5. The summed E-state index contributed by atoms with van der Waals surface area (Å²) >= 11 is 6.01. The Morgan fingerprint density at radius 1 is 1.04 bits per heavy atom. The molecule has 0 spiro atoms. The molecule has 0 fully saturated rings. The van der Waals surface area contributed by atoms with Gasteiger partial charge in [0, 0.05) is 23.3 Å². The van der Waals surface area contributed by atoms with Gasteiger partial charge < -0.3 is 20.1 Å². The lowest BCUT2D eigenvalue weighted by atomic mass is 10.2. The second-order valence-electron chi connectivity index (χ2n) is 5.16. The van der Waals surface area contributed by atoms with E-state index in [1.807, 2.05) is 18.2 Å². The Hall–Kier alpha value is -2.73. The number of anilines is 1. The molecule has 2 aromatic carbocycles. The Bertz CT molecular complexity index is 779. The lowest BCUT2D eigenvalue weighted by molar-refractivity contribution is -0.126. The fourth-order valence-corrected chi connectivity index (χ4v) is 2.43. The van der Waals surface area contributed by atoms with Gasteiger partial charge in [-0.05, 0) is 23.8 Å². The zero-order chi connectivity index (χ0) is 16.9. The van der Waals surface area contributed by atoms with Crippen molar-refractivity contribution in [3.05, 3.63) is 53.1 Å². The van der Waals surface area contributed by atoms with Gasteiger partial charge in [0.15, 0.2) is 11.5 Å². The van der Waals surface area contributed by atoms with Crippen LogP contribution in [0.3, 0.4) is 0 Å². The molecule has 3 rings (SSSR count). The number of nitrogens with one attached hydrogen (secondary N) is 2. The normalized spacial score (nSPS) is 11.9. The van der Waals surface area contributed by atoms with E-state index in [0.717, 1.165) is 5.56 Å². The minimum Gasteiger partial charge on any atom is -0.454 e. The highest BCUT2D eigenvalue weighted by Crippen LogP contribution is 2.34. The molecule has 1 aliphatic heterocycles. The molecule has 2 aromatic rings. The molecule has 7 heteroatoms. The molecule has 0 radical (unpaired) electrons. The standard InChI is InChI=1S/C17H15ClN2O4/c18-13-4-2-1-3-11(13)9-19-16(21)8-17(22)20-12-5-6-14-15(7-12)24-10-23-14/h1-7H,8-10H2,(H,19,21)(H,20,22). The van der Waals surface area contributed by atoms with Gasteiger partial charge in [-0.2, -0.15) is 0 Å². The summed E-state index contributed by atoms with van der Waals surface area (Å²) in [7, 11) is 0. The topological polar surface area (TPSA) is 76.7 Å². The van der Waals surface area contributed by atoms with E-state index in [0.29, 0.717) is 22.2 Å². The van der Waals surface area contributed by atoms with Gasteiger partial charge >= 0.3 is 0 Å². The zero-order valence-electron chi connectivity index (χ0n) is 12.7. The van der Waals surface area contributed by atoms with Crippen LogP contribution in [0.4, 0.5) is 5.69 Å². The van der Waals surface area contributed by atoms with E-state index in [2.05, 4.69) is 10.6 Å².